The highest BCUT2D eigenvalue weighted by Gasteiger charge is 2.56. The number of primary amides is 1. The molecule has 5 atom stereocenters. The highest BCUT2D eigenvalue weighted by Crippen LogP contribution is 2.48. The first kappa shape index (κ1) is 21.8. The summed E-state index contributed by atoms with van der Waals surface area (Å²) in [5, 5.41) is 8.08. The summed E-state index contributed by atoms with van der Waals surface area (Å²) in [6.07, 6.45) is 7.68. The number of hydrogen-bond acceptors (Lipinski definition) is 5. The molecule has 3 heterocycles. The number of hydrogen-bond donors (Lipinski definition) is 2. The van der Waals surface area contributed by atoms with Crippen LogP contribution < -0.4 is 11.1 Å². The van der Waals surface area contributed by atoms with Crippen molar-refractivity contribution in [2.24, 2.45) is 11.7 Å². The van der Waals surface area contributed by atoms with Gasteiger partial charge in [-0.1, -0.05) is 30.3 Å². The number of carbonyl (C=O) groups is 3. The van der Waals surface area contributed by atoms with E-state index < -0.39 is 11.9 Å². The molecule has 1 aromatic carbocycles. The second-order valence-electron chi connectivity index (χ2n) is 10.0. The van der Waals surface area contributed by atoms with E-state index in [9.17, 15) is 14.4 Å². The zero-order chi connectivity index (χ0) is 24.1. The van der Waals surface area contributed by atoms with Gasteiger partial charge < -0.3 is 16.0 Å². The largest absolute Gasteiger partial charge is 0.364 e. The quantitative estimate of drug-likeness (QED) is 0.568. The predicted octanol–water partition coefficient (Wildman–Crippen LogP) is 1.97. The summed E-state index contributed by atoms with van der Waals surface area (Å²) in [5.74, 6) is -0.0505. The third-order valence-electron chi connectivity index (χ3n) is 7.82. The van der Waals surface area contributed by atoms with Gasteiger partial charge in [0.15, 0.2) is 5.69 Å². The van der Waals surface area contributed by atoms with Gasteiger partial charge in [-0.05, 0) is 55.6 Å². The number of nitrogens with zero attached hydrogens (tertiary/aromatic N) is 4. The highest BCUT2D eigenvalue weighted by molar-refractivity contribution is 6.04. The smallest absolute Gasteiger partial charge is 0.269 e. The van der Waals surface area contributed by atoms with Crippen molar-refractivity contribution in [2.75, 3.05) is 0 Å². The van der Waals surface area contributed by atoms with Crippen LogP contribution in [0, 0.1) is 5.92 Å². The topological polar surface area (TPSA) is 123 Å². The number of benzene rings is 1. The molecule has 180 valence electrons. The van der Waals surface area contributed by atoms with Crippen molar-refractivity contribution in [3.63, 3.8) is 0 Å². The lowest BCUT2D eigenvalue weighted by Crippen LogP contribution is -2.50. The van der Waals surface area contributed by atoms with E-state index in [1.165, 1.54) is 10.2 Å². The Labute approximate surface area is 202 Å². The highest BCUT2D eigenvalue weighted by atomic mass is 16.2. The average Bonchev–Trinajstić information content (AvgIpc) is 3.20. The van der Waals surface area contributed by atoms with Crippen molar-refractivity contribution in [3.8, 4) is 0 Å². The molecule has 9 heteroatoms. The molecule has 0 bridgehead atoms. The maximum Gasteiger partial charge on any atom is 0.269 e. The number of piperidine rings is 1. The maximum atomic E-state index is 13.4. The molecule has 35 heavy (non-hydrogen) atoms. The molecule has 3 fully saturated rings. The summed E-state index contributed by atoms with van der Waals surface area (Å²) in [4.78, 5) is 44.4. The third kappa shape index (κ3) is 3.94. The van der Waals surface area contributed by atoms with Crippen LogP contribution in [0.4, 0.5) is 0 Å². The summed E-state index contributed by atoms with van der Waals surface area (Å²) in [6, 6.07) is 11.9. The fourth-order valence-electron chi connectivity index (χ4n) is 6.02. The number of likely N-dealkylation sites (tertiary alicyclic amines) is 1. The SMILES string of the molecule is NC(=O)c1nn(CC(=O)N2[C@@H]3C[C@@H]3C[C@H]2C(=O)NC2CCC(c3ccccc3)C2)c2cnccc12. The number of fused-ring (bicyclic) bond motifs is 2. The van der Waals surface area contributed by atoms with Crippen molar-refractivity contribution >= 4 is 28.6 Å². The van der Waals surface area contributed by atoms with Crippen molar-refractivity contribution in [1.82, 2.24) is 25.0 Å². The zero-order valence-corrected chi connectivity index (χ0v) is 19.3. The van der Waals surface area contributed by atoms with Gasteiger partial charge in [0.05, 0.1) is 11.7 Å². The van der Waals surface area contributed by atoms with Crippen molar-refractivity contribution < 1.29 is 14.4 Å². The molecule has 0 radical (unpaired) electrons. The molecule has 9 nitrogen and oxygen atoms in total. The second kappa shape index (κ2) is 8.48. The number of rotatable bonds is 6. The van der Waals surface area contributed by atoms with Gasteiger partial charge in [0.1, 0.15) is 12.6 Å². The summed E-state index contributed by atoms with van der Waals surface area (Å²) in [5.41, 5.74) is 7.48. The molecule has 3 aromatic rings. The zero-order valence-electron chi connectivity index (χ0n) is 19.3. The Morgan fingerprint density at radius 1 is 1.06 bits per heavy atom. The Kier molecular flexibility index (Phi) is 5.27. The molecular weight excluding hydrogens is 444 g/mol. The average molecular weight is 473 g/mol. The molecule has 2 unspecified atom stereocenters. The molecule has 0 spiro atoms. The minimum Gasteiger partial charge on any atom is -0.364 e. The molecule has 1 saturated heterocycles. The van der Waals surface area contributed by atoms with E-state index >= 15 is 0 Å². The number of amides is 3. The molecule has 3 amide bonds. The third-order valence-corrected chi connectivity index (χ3v) is 7.82. The number of pyridine rings is 1. The predicted molar refractivity (Wildman–Crippen MR) is 128 cm³/mol. The van der Waals surface area contributed by atoms with Crippen molar-refractivity contribution in [3.05, 3.63) is 60.0 Å². The van der Waals surface area contributed by atoms with Crippen LogP contribution >= 0.6 is 0 Å². The lowest BCUT2D eigenvalue weighted by atomic mass is 9.97. The van der Waals surface area contributed by atoms with Gasteiger partial charge in [-0.2, -0.15) is 5.10 Å². The molecule has 2 saturated carbocycles. The van der Waals surface area contributed by atoms with E-state index in [0.717, 1.165) is 25.7 Å². The van der Waals surface area contributed by atoms with Crippen LogP contribution in [0.15, 0.2) is 48.8 Å². The minimum absolute atomic E-state index is 0.0610. The lowest BCUT2D eigenvalue weighted by Gasteiger charge is -2.28. The van der Waals surface area contributed by atoms with Crippen LogP contribution in [-0.2, 0) is 16.1 Å². The summed E-state index contributed by atoms with van der Waals surface area (Å²) >= 11 is 0. The van der Waals surface area contributed by atoms with Crippen LogP contribution in [0.2, 0.25) is 0 Å². The fourth-order valence-corrected chi connectivity index (χ4v) is 6.02. The molecule has 6 rings (SSSR count). The summed E-state index contributed by atoms with van der Waals surface area (Å²) in [6.45, 7) is -0.0675. The van der Waals surface area contributed by atoms with Crippen molar-refractivity contribution in [1.29, 1.82) is 0 Å². The van der Waals surface area contributed by atoms with Gasteiger partial charge in [-0.25, -0.2) is 0 Å². The second-order valence-corrected chi connectivity index (χ2v) is 10.0. The normalized spacial score (nSPS) is 27.1. The lowest BCUT2D eigenvalue weighted by molar-refractivity contribution is -0.140. The first-order valence-electron chi connectivity index (χ1n) is 12.3. The van der Waals surface area contributed by atoms with E-state index in [1.54, 1.807) is 23.4 Å². The molecule has 2 aliphatic carbocycles. The first-order valence-corrected chi connectivity index (χ1v) is 12.3. The van der Waals surface area contributed by atoms with Crippen LogP contribution in [0.5, 0.6) is 0 Å². The maximum absolute atomic E-state index is 13.4. The number of aromatic nitrogens is 3. The van der Waals surface area contributed by atoms with Gasteiger partial charge in [0.25, 0.3) is 5.91 Å². The van der Waals surface area contributed by atoms with Crippen LogP contribution in [-0.4, -0.2) is 55.5 Å². The van der Waals surface area contributed by atoms with Gasteiger partial charge in [0, 0.05) is 23.7 Å². The molecular formula is C26H28N6O3. The summed E-state index contributed by atoms with van der Waals surface area (Å²) < 4.78 is 1.47. The molecule has 3 N–H and O–H groups in total. The van der Waals surface area contributed by atoms with E-state index in [4.69, 9.17) is 5.73 Å². The van der Waals surface area contributed by atoms with Gasteiger partial charge >= 0.3 is 0 Å². The Balaban J connectivity index is 1.15. The van der Waals surface area contributed by atoms with E-state index in [1.807, 2.05) is 6.07 Å². The Morgan fingerprint density at radius 2 is 1.89 bits per heavy atom. The van der Waals surface area contributed by atoms with Gasteiger partial charge in [0.2, 0.25) is 11.8 Å². The standard InChI is InChI=1S/C26H28N6O3/c27-25(34)24-19-8-9-28-13-22(19)31(30-24)14-23(33)32-20-11-17(20)12-21(32)26(35)29-18-7-6-16(10-18)15-4-2-1-3-5-15/h1-5,8-9,13,16-18,20-21H,6-7,10-12,14H2,(H2,27,34)(H,29,35)/t16?,17-,18?,20-,21+/m1/s1. The number of nitrogens with two attached hydrogens (primary N) is 1. The summed E-state index contributed by atoms with van der Waals surface area (Å²) in [7, 11) is 0. The monoisotopic (exact) mass is 472 g/mol. The van der Waals surface area contributed by atoms with Gasteiger partial charge in [-0.15, -0.1) is 0 Å². The first-order chi connectivity index (χ1) is 17.0. The van der Waals surface area contributed by atoms with E-state index in [0.29, 0.717) is 29.2 Å². The molecule has 2 aromatic heterocycles. The fraction of sp³-hybridized carbons (Fsp3) is 0.423. The van der Waals surface area contributed by atoms with Gasteiger partial charge in [-0.3, -0.25) is 24.0 Å². The van der Waals surface area contributed by atoms with E-state index in [2.05, 4.69) is 39.7 Å². The Hall–Kier alpha value is -3.75. The van der Waals surface area contributed by atoms with Crippen molar-refractivity contribution in [2.45, 2.75) is 62.7 Å². The van der Waals surface area contributed by atoms with Crippen LogP contribution in [0.25, 0.3) is 10.9 Å². The van der Waals surface area contributed by atoms with Crippen LogP contribution in [0.3, 0.4) is 0 Å². The number of nitrogens with one attached hydrogen (secondary N) is 1. The molecule has 3 aliphatic rings. The molecule has 1 aliphatic heterocycles. The Morgan fingerprint density at radius 3 is 2.69 bits per heavy atom. The Bertz CT molecular complexity index is 1300. The van der Waals surface area contributed by atoms with Crippen LogP contribution in [0.1, 0.15) is 54.1 Å². The minimum atomic E-state index is -0.654. The van der Waals surface area contributed by atoms with E-state index in [-0.39, 0.29) is 36.1 Å². The number of carbonyl (C=O) groups excluding carboxylic acids is 3.